The number of hydrogen-bond donors (Lipinski definition) is 0. The number of rotatable bonds is 2. The molecule has 3 nitrogen and oxygen atoms in total. The van der Waals surface area contributed by atoms with Crippen molar-refractivity contribution in [2.75, 3.05) is 7.11 Å². The average Bonchev–Trinajstić information content (AvgIpc) is 2.16. The molecule has 0 aliphatic rings. The first-order chi connectivity index (χ1) is 7.40. The maximum Gasteiger partial charge on any atom is 0.420 e. The normalized spacial score (nSPS) is 10.8. The van der Waals surface area contributed by atoms with E-state index < -0.39 is 11.7 Å². The largest absolute Gasteiger partial charge is 0.496 e. The number of benzene rings is 1. The van der Waals surface area contributed by atoms with E-state index in [9.17, 15) is 18.0 Å². The lowest BCUT2D eigenvalue weighted by Crippen LogP contribution is -2.08. The third kappa shape index (κ3) is 2.41. The zero-order valence-corrected chi connectivity index (χ0v) is 8.55. The Balaban J connectivity index is 3.48. The standard InChI is InChI=1S/C10H8F3NO2/c1-6-3-7(14-5-15)4-8(9(6)16-2)10(11,12)13/h3-4H,1-2H3. The summed E-state index contributed by atoms with van der Waals surface area (Å²) in [5.74, 6) is -0.266. The SMILES string of the molecule is COc1c(C)cc(N=C=O)cc1C(F)(F)F. The predicted octanol–water partition coefficient (Wildman–Crippen LogP) is 2.99. The number of ether oxygens (including phenoxy) is 1. The summed E-state index contributed by atoms with van der Waals surface area (Å²) >= 11 is 0. The monoisotopic (exact) mass is 231 g/mol. The van der Waals surface area contributed by atoms with Gasteiger partial charge in [0, 0.05) is 0 Å². The highest BCUT2D eigenvalue weighted by Gasteiger charge is 2.35. The molecule has 0 bridgehead atoms. The van der Waals surface area contributed by atoms with Gasteiger partial charge in [-0.1, -0.05) is 0 Å². The van der Waals surface area contributed by atoms with Gasteiger partial charge in [0.1, 0.15) is 5.75 Å². The number of nitrogens with zero attached hydrogens (tertiary/aromatic N) is 1. The summed E-state index contributed by atoms with van der Waals surface area (Å²) in [6, 6.07) is 2.07. The van der Waals surface area contributed by atoms with Crippen LogP contribution in [-0.4, -0.2) is 13.2 Å². The second-order valence-corrected chi connectivity index (χ2v) is 3.04. The topological polar surface area (TPSA) is 38.7 Å². The number of alkyl halides is 3. The van der Waals surface area contributed by atoms with E-state index in [1.807, 2.05) is 0 Å². The molecule has 0 radical (unpaired) electrons. The second-order valence-electron chi connectivity index (χ2n) is 3.04. The highest BCUT2D eigenvalue weighted by molar-refractivity contribution is 5.57. The molecule has 0 aromatic heterocycles. The molecule has 0 saturated carbocycles. The van der Waals surface area contributed by atoms with Crippen molar-refractivity contribution >= 4 is 11.8 Å². The van der Waals surface area contributed by atoms with Crippen LogP contribution in [0.5, 0.6) is 5.75 Å². The summed E-state index contributed by atoms with van der Waals surface area (Å²) in [4.78, 5) is 13.2. The molecule has 1 aromatic carbocycles. The van der Waals surface area contributed by atoms with Crippen molar-refractivity contribution in [2.45, 2.75) is 13.1 Å². The van der Waals surface area contributed by atoms with E-state index in [1.165, 1.54) is 19.1 Å². The number of isocyanates is 1. The van der Waals surface area contributed by atoms with Gasteiger partial charge >= 0.3 is 6.18 Å². The number of carbonyl (C=O) groups excluding carboxylic acids is 1. The van der Waals surface area contributed by atoms with E-state index in [-0.39, 0.29) is 17.0 Å². The summed E-state index contributed by atoms with van der Waals surface area (Å²) in [5.41, 5.74) is -0.795. The van der Waals surface area contributed by atoms with Crippen LogP contribution >= 0.6 is 0 Å². The molecule has 6 heteroatoms. The molecule has 0 saturated heterocycles. The molecule has 0 aliphatic carbocycles. The van der Waals surface area contributed by atoms with Crippen molar-refractivity contribution < 1.29 is 22.7 Å². The van der Waals surface area contributed by atoms with Crippen LogP contribution < -0.4 is 4.74 Å². The van der Waals surface area contributed by atoms with E-state index >= 15 is 0 Å². The van der Waals surface area contributed by atoms with Gasteiger partial charge in [-0.25, -0.2) is 4.79 Å². The quantitative estimate of drug-likeness (QED) is 0.579. The van der Waals surface area contributed by atoms with Gasteiger partial charge in [0.2, 0.25) is 6.08 Å². The lowest BCUT2D eigenvalue weighted by molar-refractivity contribution is -0.138. The lowest BCUT2D eigenvalue weighted by Gasteiger charge is -2.14. The Morgan fingerprint density at radius 1 is 1.38 bits per heavy atom. The van der Waals surface area contributed by atoms with Crippen LogP contribution in [0.1, 0.15) is 11.1 Å². The molecular weight excluding hydrogens is 223 g/mol. The summed E-state index contributed by atoms with van der Waals surface area (Å²) < 4.78 is 42.5. The molecule has 0 fully saturated rings. The van der Waals surface area contributed by atoms with Crippen LogP contribution in [0.2, 0.25) is 0 Å². The van der Waals surface area contributed by atoms with Gasteiger partial charge in [0.25, 0.3) is 0 Å². The molecule has 86 valence electrons. The number of aryl methyl sites for hydroxylation is 1. The summed E-state index contributed by atoms with van der Waals surface area (Å²) in [7, 11) is 1.15. The number of halogens is 3. The van der Waals surface area contributed by atoms with E-state index in [4.69, 9.17) is 0 Å². The van der Waals surface area contributed by atoms with Gasteiger partial charge in [-0.05, 0) is 24.6 Å². The van der Waals surface area contributed by atoms with Gasteiger partial charge in [-0.2, -0.15) is 18.2 Å². The van der Waals surface area contributed by atoms with Crippen molar-refractivity contribution in [1.82, 2.24) is 0 Å². The lowest BCUT2D eigenvalue weighted by atomic mass is 10.1. The highest BCUT2D eigenvalue weighted by Crippen LogP contribution is 2.40. The third-order valence-electron chi connectivity index (χ3n) is 1.94. The Bertz CT molecular complexity index is 448. The fourth-order valence-corrected chi connectivity index (χ4v) is 1.35. The van der Waals surface area contributed by atoms with Crippen molar-refractivity contribution in [2.24, 2.45) is 4.99 Å². The van der Waals surface area contributed by atoms with Crippen LogP contribution in [-0.2, 0) is 11.0 Å². The Morgan fingerprint density at radius 3 is 2.44 bits per heavy atom. The molecule has 16 heavy (non-hydrogen) atoms. The molecule has 0 spiro atoms. The van der Waals surface area contributed by atoms with Gasteiger partial charge < -0.3 is 4.74 Å². The fraction of sp³-hybridized carbons (Fsp3) is 0.300. The number of aliphatic imine (C=N–C) groups is 1. The molecule has 0 atom stereocenters. The van der Waals surface area contributed by atoms with Crippen molar-refractivity contribution in [3.05, 3.63) is 23.3 Å². The van der Waals surface area contributed by atoms with Crippen LogP contribution in [0.15, 0.2) is 17.1 Å². The zero-order valence-electron chi connectivity index (χ0n) is 8.55. The molecule has 0 heterocycles. The highest BCUT2D eigenvalue weighted by atomic mass is 19.4. The molecule has 0 aliphatic heterocycles. The Morgan fingerprint density at radius 2 is 2.00 bits per heavy atom. The van der Waals surface area contributed by atoms with Crippen LogP contribution in [0.25, 0.3) is 0 Å². The zero-order chi connectivity index (χ0) is 12.3. The number of hydrogen-bond acceptors (Lipinski definition) is 3. The van der Waals surface area contributed by atoms with Crippen molar-refractivity contribution in [3.8, 4) is 5.75 Å². The average molecular weight is 231 g/mol. The molecule has 1 aromatic rings. The maximum atomic E-state index is 12.6. The predicted molar refractivity (Wildman–Crippen MR) is 50.5 cm³/mol. The Kier molecular flexibility index (Phi) is 3.34. The molecule has 0 amide bonds. The van der Waals surface area contributed by atoms with E-state index in [2.05, 4.69) is 9.73 Å². The Labute approximate surface area is 89.6 Å². The van der Waals surface area contributed by atoms with Gasteiger partial charge in [0.05, 0.1) is 18.4 Å². The van der Waals surface area contributed by atoms with Crippen molar-refractivity contribution in [1.29, 1.82) is 0 Å². The van der Waals surface area contributed by atoms with Crippen molar-refractivity contribution in [3.63, 3.8) is 0 Å². The first kappa shape index (κ1) is 12.3. The molecule has 0 unspecified atom stereocenters. The van der Waals surface area contributed by atoms with E-state index in [0.717, 1.165) is 13.2 Å². The minimum atomic E-state index is -4.55. The van der Waals surface area contributed by atoms with Crippen LogP contribution in [0.4, 0.5) is 18.9 Å². The minimum Gasteiger partial charge on any atom is -0.496 e. The summed E-state index contributed by atoms with van der Waals surface area (Å²) in [6.07, 6.45) is -3.36. The molecule has 0 N–H and O–H groups in total. The van der Waals surface area contributed by atoms with E-state index in [1.54, 1.807) is 0 Å². The maximum absolute atomic E-state index is 12.6. The van der Waals surface area contributed by atoms with E-state index in [0.29, 0.717) is 0 Å². The number of methoxy groups -OCH3 is 1. The smallest absolute Gasteiger partial charge is 0.420 e. The van der Waals surface area contributed by atoms with Crippen LogP contribution in [0, 0.1) is 6.92 Å². The van der Waals surface area contributed by atoms with Gasteiger partial charge in [-0.3, -0.25) is 0 Å². The first-order valence-corrected chi connectivity index (χ1v) is 4.24. The molecule has 1 rings (SSSR count). The second kappa shape index (κ2) is 4.37. The Hall–Kier alpha value is -1.81. The molecular formula is C10H8F3NO2. The summed E-state index contributed by atoms with van der Waals surface area (Å²) in [5, 5.41) is 0. The van der Waals surface area contributed by atoms with Gasteiger partial charge in [0.15, 0.2) is 0 Å². The fourth-order valence-electron chi connectivity index (χ4n) is 1.35. The van der Waals surface area contributed by atoms with Crippen LogP contribution in [0.3, 0.4) is 0 Å². The third-order valence-corrected chi connectivity index (χ3v) is 1.94. The summed E-state index contributed by atoms with van der Waals surface area (Å²) in [6.45, 7) is 1.44. The first-order valence-electron chi connectivity index (χ1n) is 4.24. The van der Waals surface area contributed by atoms with Gasteiger partial charge in [-0.15, -0.1) is 0 Å². The minimum absolute atomic E-state index is 0.0966.